The molecule has 0 aliphatic heterocycles. The lowest BCUT2D eigenvalue weighted by molar-refractivity contribution is -0.119. The lowest BCUT2D eigenvalue weighted by Crippen LogP contribution is -2.22. The summed E-state index contributed by atoms with van der Waals surface area (Å²) in [5.41, 5.74) is 1.85. The molecule has 1 aromatic carbocycles. The second-order valence-corrected chi connectivity index (χ2v) is 6.36. The van der Waals surface area contributed by atoms with E-state index >= 15 is 0 Å². The van der Waals surface area contributed by atoms with Crippen LogP contribution < -0.4 is 5.32 Å². The highest BCUT2D eigenvalue weighted by Gasteiger charge is 2.24. The molecule has 0 fully saturated rings. The van der Waals surface area contributed by atoms with E-state index in [1.165, 1.54) is 0 Å². The third kappa shape index (κ3) is 4.76. The van der Waals surface area contributed by atoms with Crippen LogP contribution in [-0.4, -0.2) is 35.5 Å². The summed E-state index contributed by atoms with van der Waals surface area (Å²) in [6.45, 7) is 6.16. The molecule has 28 heavy (non-hydrogen) atoms. The zero-order valence-corrected chi connectivity index (χ0v) is 16.1. The summed E-state index contributed by atoms with van der Waals surface area (Å²) in [5.74, 6) is -1.89. The number of anilines is 1. The van der Waals surface area contributed by atoms with Gasteiger partial charge in [0.2, 0.25) is 0 Å². The van der Waals surface area contributed by atoms with Gasteiger partial charge in [0.25, 0.3) is 5.91 Å². The Morgan fingerprint density at radius 1 is 1.18 bits per heavy atom. The number of nitriles is 1. The van der Waals surface area contributed by atoms with Gasteiger partial charge in [0.1, 0.15) is 11.8 Å². The Hall–Kier alpha value is -3.60. The monoisotopic (exact) mass is 383 g/mol. The molecule has 1 amide bonds. The Labute approximate surface area is 162 Å². The molecule has 0 radical (unpaired) electrons. The fourth-order valence-corrected chi connectivity index (χ4v) is 2.61. The Kier molecular flexibility index (Phi) is 6.55. The molecule has 1 aromatic heterocycles. The highest BCUT2D eigenvalue weighted by molar-refractivity contribution is 6.00. The van der Waals surface area contributed by atoms with Crippen LogP contribution in [0.3, 0.4) is 0 Å². The van der Waals surface area contributed by atoms with Gasteiger partial charge in [0.05, 0.1) is 22.9 Å². The number of esters is 2. The summed E-state index contributed by atoms with van der Waals surface area (Å²) in [4.78, 5) is 39.3. The number of para-hydroxylation sites is 1. The molecule has 0 spiro atoms. The molecule has 0 atom stereocenters. The van der Waals surface area contributed by atoms with Crippen molar-refractivity contribution in [1.82, 2.24) is 4.98 Å². The number of carbonyl (C=O) groups excluding carboxylic acids is 3. The average Bonchev–Trinajstić information content (AvgIpc) is 2.94. The highest BCUT2D eigenvalue weighted by Crippen LogP contribution is 2.20. The zero-order valence-electron chi connectivity index (χ0n) is 16.1. The maximum atomic E-state index is 12.3. The molecule has 146 valence electrons. The number of hydrogen-bond acceptors (Lipinski definition) is 6. The van der Waals surface area contributed by atoms with Gasteiger partial charge < -0.3 is 19.8 Å². The van der Waals surface area contributed by atoms with Crippen molar-refractivity contribution in [3.8, 4) is 6.07 Å². The van der Waals surface area contributed by atoms with Gasteiger partial charge in [-0.3, -0.25) is 4.79 Å². The number of nitrogens with one attached hydrogen (secondary N) is 2. The number of nitrogens with zero attached hydrogens (tertiary/aromatic N) is 1. The first-order chi connectivity index (χ1) is 13.2. The first-order valence-electron chi connectivity index (χ1n) is 8.60. The van der Waals surface area contributed by atoms with Crippen LogP contribution in [0.15, 0.2) is 24.3 Å². The first-order valence-corrected chi connectivity index (χ1v) is 8.60. The summed E-state index contributed by atoms with van der Waals surface area (Å²) in [6.07, 6.45) is -0.295. The highest BCUT2D eigenvalue weighted by atomic mass is 16.5. The summed E-state index contributed by atoms with van der Waals surface area (Å²) < 4.78 is 10.2. The fraction of sp³-hybridized carbons (Fsp3) is 0.300. The van der Waals surface area contributed by atoms with E-state index in [-0.39, 0.29) is 17.4 Å². The minimum atomic E-state index is -0.770. The van der Waals surface area contributed by atoms with Crippen molar-refractivity contribution in [1.29, 1.82) is 5.26 Å². The molecule has 2 rings (SSSR count). The van der Waals surface area contributed by atoms with Crippen LogP contribution in [-0.2, 0) is 14.3 Å². The molecular weight excluding hydrogens is 362 g/mol. The molecule has 0 aliphatic carbocycles. The summed E-state index contributed by atoms with van der Waals surface area (Å²) in [6, 6.07) is 8.44. The van der Waals surface area contributed by atoms with E-state index in [0.29, 0.717) is 22.5 Å². The van der Waals surface area contributed by atoms with Crippen LogP contribution in [0.4, 0.5) is 5.69 Å². The van der Waals surface area contributed by atoms with E-state index in [1.54, 1.807) is 52.0 Å². The number of aromatic nitrogens is 1. The van der Waals surface area contributed by atoms with Crippen LogP contribution in [0.1, 0.15) is 51.5 Å². The van der Waals surface area contributed by atoms with Gasteiger partial charge in [-0.2, -0.15) is 5.26 Å². The van der Waals surface area contributed by atoms with Crippen LogP contribution in [0.25, 0.3) is 0 Å². The maximum Gasteiger partial charge on any atom is 0.355 e. The Balaban J connectivity index is 2.04. The van der Waals surface area contributed by atoms with Gasteiger partial charge >= 0.3 is 11.9 Å². The smallest absolute Gasteiger partial charge is 0.355 e. The zero-order chi connectivity index (χ0) is 20.8. The number of aryl methyl sites for hydroxylation is 1. The van der Waals surface area contributed by atoms with E-state index < -0.39 is 24.5 Å². The van der Waals surface area contributed by atoms with Crippen LogP contribution in [0, 0.1) is 25.2 Å². The van der Waals surface area contributed by atoms with Crippen LogP contribution in [0.2, 0.25) is 0 Å². The molecule has 8 heteroatoms. The van der Waals surface area contributed by atoms with Crippen molar-refractivity contribution in [3.05, 3.63) is 52.3 Å². The third-order valence-electron chi connectivity index (χ3n) is 3.84. The summed E-state index contributed by atoms with van der Waals surface area (Å²) in [7, 11) is 0. The number of carbonyl (C=O) groups is 3. The minimum Gasteiger partial charge on any atom is -0.459 e. The Morgan fingerprint density at radius 3 is 2.50 bits per heavy atom. The number of rotatable bonds is 6. The number of amides is 1. The summed E-state index contributed by atoms with van der Waals surface area (Å²) in [5, 5.41) is 11.5. The average molecular weight is 383 g/mol. The minimum absolute atomic E-state index is 0.0819. The van der Waals surface area contributed by atoms with Crippen LogP contribution in [0.5, 0.6) is 0 Å². The molecule has 2 N–H and O–H groups in total. The molecule has 0 bridgehead atoms. The lowest BCUT2D eigenvalue weighted by atomic mass is 10.1. The molecule has 1 heterocycles. The number of benzene rings is 1. The molecule has 0 unspecified atom stereocenters. The molecule has 2 aromatic rings. The second-order valence-electron chi connectivity index (χ2n) is 6.36. The van der Waals surface area contributed by atoms with Crippen molar-refractivity contribution in [3.63, 3.8) is 0 Å². The van der Waals surface area contributed by atoms with E-state index in [0.717, 1.165) is 0 Å². The van der Waals surface area contributed by atoms with Gasteiger partial charge in [-0.05, 0) is 45.4 Å². The molecule has 0 saturated carbocycles. The van der Waals surface area contributed by atoms with Crippen molar-refractivity contribution < 1.29 is 23.9 Å². The maximum absolute atomic E-state index is 12.3. The van der Waals surface area contributed by atoms with E-state index in [1.807, 2.05) is 6.07 Å². The predicted molar refractivity (Wildman–Crippen MR) is 101 cm³/mol. The quantitative estimate of drug-likeness (QED) is 0.740. The second kappa shape index (κ2) is 8.86. The van der Waals surface area contributed by atoms with E-state index in [9.17, 15) is 14.4 Å². The topological polar surface area (TPSA) is 121 Å². The number of aromatic amines is 1. The van der Waals surface area contributed by atoms with Crippen molar-refractivity contribution in [2.45, 2.75) is 33.8 Å². The first kappa shape index (κ1) is 20.7. The van der Waals surface area contributed by atoms with Gasteiger partial charge in [0, 0.05) is 5.69 Å². The Morgan fingerprint density at radius 2 is 1.86 bits per heavy atom. The largest absolute Gasteiger partial charge is 0.459 e. The van der Waals surface area contributed by atoms with Gasteiger partial charge in [0.15, 0.2) is 6.61 Å². The van der Waals surface area contributed by atoms with Gasteiger partial charge in [-0.1, -0.05) is 12.1 Å². The predicted octanol–water partition coefficient (Wildman–Crippen LogP) is 2.86. The third-order valence-corrected chi connectivity index (χ3v) is 3.84. The van der Waals surface area contributed by atoms with Crippen molar-refractivity contribution in [2.24, 2.45) is 0 Å². The van der Waals surface area contributed by atoms with Gasteiger partial charge in [-0.25, -0.2) is 9.59 Å². The molecule has 0 saturated heterocycles. The fourth-order valence-electron chi connectivity index (χ4n) is 2.61. The van der Waals surface area contributed by atoms with Crippen LogP contribution >= 0.6 is 0 Å². The molecular formula is C20H21N3O5. The van der Waals surface area contributed by atoms with Crippen molar-refractivity contribution >= 4 is 23.5 Å². The Bertz CT molecular complexity index is 953. The standard InChI is InChI=1S/C20H21N3O5/c1-11(2)28-19(25)17-12(3)18(22-13(17)4)20(26)27-10-16(24)23-15-8-6-5-7-14(15)9-21/h5-8,11,22H,10H2,1-4H3,(H,23,24). The van der Waals surface area contributed by atoms with Crippen molar-refractivity contribution in [2.75, 3.05) is 11.9 Å². The van der Waals surface area contributed by atoms with Gasteiger partial charge in [-0.15, -0.1) is 0 Å². The van der Waals surface area contributed by atoms with E-state index in [4.69, 9.17) is 14.7 Å². The number of hydrogen-bond donors (Lipinski definition) is 2. The summed E-state index contributed by atoms with van der Waals surface area (Å²) >= 11 is 0. The lowest BCUT2D eigenvalue weighted by Gasteiger charge is -2.09. The molecule has 8 nitrogen and oxygen atoms in total. The SMILES string of the molecule is Cc1[nH]c(C(=O)OCC(=O)Nc2ccccc2C#N)c(C)c1C(=O)OC(C)C. The number of ether oxygens (including phenoxy) is 2. The normalized spacial score (nSPS) is 10.3. The number of H-pyrrole nitrogens is 1. The van der Waals surface area contributed by atoms with E-state index in [2.05, 4.69) is 10.3 Å². The molecule has 0 aliphatic rings.